The average molecular weight is 544 g/mol. The van der Waals surface area contributed by atoms with Crippen molar-refractivity contribution in [3.05, 3.63) is 0 Å². The van der Waals surface area contributed by atoms with Gasteiger partial charge in [-0.25, -0.2) is 4.79 Å². The summed E-state index contributed by atoms with van der Waals surface area (Å²) >= 11 is 0. The maximum absolute atomic E-state index is 12.4. The zero-order chi connectivity index (χ0) is 29.6. The van der Waals surface area contributed by atoms with Gasteiger partial charge in [0.25, 0.3) is 0 Å². The number of aliphatic carboxylic acids is 1. The second kappa shape index (κ2) is 16.9. The Balaban J connectivity index is 4.75. The number of carboxylic acid groups (broad SMARTS) is 1. The Bertz CT molecular complexity index is 882. The van der Waals surface area contributed by atoms with Crippen molar-refractivity contribution in [1.82, 2.24) is 31.9 Å². The first-order chi connectivity index (χ1) is 17.6. The van der Waals surface area contributed by atoms with E-state index >= 15 is 0 Å². The standard InChI is InChI=1S/C23H41N7O8/c1-11(25-16(6)31)18(32)26-12(2)19(33)27-13(3)20(34)28-14(4)21(35)29-15(5)22(36)30-17(23(37)38)9-7-8-10-24/h11-15,17H,7-10,24H2,1-6H3,(H,25,31)(H,26,32)(H,27,33)(H,28,34)(H,29,35)(H,30,36)(H,37,38)/t11-,12-,13-,14-,15-,17-/m0/s1. The smallest absolute Gasteiger partial charge is 0.326 e. The summed E-state index contributed by atoms with van der Waals surface area (Å²) in [5, 5.41) is 23.6. The van der Waals surface area contributed by atoms with Gasteiger partial charge in [0.05, 0.1) is 0 Å². The van der Waals surface area contributed by atoms with Gasteiger partial charge >= 0.3 is 5.97 Å². The van der Waals surface area contributed by atoms with Crippen LogP contribution in [0.5, 0.6) is 0 Å². The lowest BCUT2D eigenvalue weighted by Crippen LogP contribution is -2.57. The molecule has 0 spiro atoms. The highest BCUT2D eigenvalue weighted by molar-refractivity contribution is 5.96. The Kier molecular flexibility index (Phi) is 15.2. The highest BCUT2D eigenvalue weighted by atomic mass is 16.4. The summed E-state index contributed by atoms with van der Waals surface area (Å²) in [7, 11) is 0. The summed E-state index contributed by atoms with van der Waals surface area (Å²) in [4.78, 5) is 84.0. The quantitative estimate of drug-likeness (QED) is 0.0939. The minimum absolute atomic E-state index is 0.186. The van der Waals surface area contributed by atoms with E-state index < -0.39 is 77.7 Å². The van der Waals surface area contributed by atoms with E-state index in [1.54, 1.807) is 0 Å². The number of carbonyl (C=O) groups excluding carboxylic acids is 6. The van der Waals surface area contributed by atoms with Crippen LogP contribution in [-0.2, 0) is 33.6 Å². The van der Waals surface area contributed by atoms with E-state index in [1.807, 2.05) is 0 Å². The summed E-state index contributed by atoms with van der Waals surface area (Å²) in [6, 6.07) is -6.25. The number of nitrogens with one attached hydrogen (secondary N) is 6. The van der Waals surface area contributed by atoms with Gasteiger partial charge in [-0.15, -0.1) is 0 Å². The van der Waals surface area contributed by atoms with E-state index in [-0.39, 0.29) is 6.42 Å². The number of carbonyl (C=O) groups is 7. The van der Waals surface area contributed by atoms with Crippen LogP contribution in [0, 0.1) is 0 Å². The van der Waals surface area contributed by atoms with Crippen molar-refractivity contribution in [2.24, 2.45) is 5.73 Å². The fourth-order valence-corrected chi connectivity index (χ4v) is 3.03. The van der Waals surface area contributed by atoms with E-state index in [4.69, 9.17) is 5.73 Å². The van der Waals surface area contributed by atoms with Crippen LogP contribution in [0.4, 0.5) is 0 Å². The van der Waals surface area contributed by atoms with Crippen LogP contribution in [0.15, 0.2) is 0 Å². The van der Waals surface area contributed by atoms with Gasteiger partial charge in [-0.1, -0.05) is 0 Å². The molecule has 9 N–H and O–H groups in total. The van der Waals surface area contributed by atoms with Crippen LogP contribution in [0.1, 0.15) is 60.8 Å². The minimum atomic E-state index is -1.21. The fourth-order valence-electron chi connectivity index (χ4n) is 3.03. The Labute approximate surface area is 221 Å². The molecule has 15 nitrogen and oxygen atoms in total. The van der Waals surface area contributed by atoms with E-state index in [0.29, 0.717) is 19.4 Å². The molecule has 0 saturated heterocycles. The van der Waals surface area contributed by atoms with Crippen LogP contribution in [0.2, 0.25) is 0 Å². The molecular formula is C23H41N7O8. The van der Waals surface area contributed by atoms with Gasteiger partial charge in [0.2, 0.25) is 35.4 Å². The summed E-state index contributed by atoms with van der Waals surface area (Å²) in [5.74, 6) is -4.99. The van der Waals surface area contributed by atoms with Crippen molar-refractivity contribution in [3.8, 4) is 0 Å². The van der Waals surface area contributed by atoms with Crippen molar-refractivity contribution < 1.29 is 38.7 Å². The van der Waals surface area contributed by atoms with Gasteiger partial charge in [0.1, 0.15) is 36.3 Å². The first kappa shape index (κ1) is 34.2. The number of hydrogen-bond donors (Lipinski definition) is 8. The minimum Gasteiger partial charge on any atom is -0.480 e. The van der Waals surface area contributed by atoms with Crippen molar-refractivity contribution in [2.75, 3.05) is 6.54 Å². The number of nitrogens with two attached hydrogens (primary N) is 1. The Morgan fingerprint density at radius 3 is 1.18 bits per heavy atom. The SMILES string of the molecule is CC(=O)N[C@@H](C)C(=O)N[C@@H](C)C(=O)N[C@@H](C)C(=O)N[C@@H](C)C(=O)N[C@@H](C)C(=O)N[C@@H](CCCCN)C(=O)O. The maximum atomic E-state index is 12.4. The molecule has 0 unspecified atom stereocenters. The molecule has 0 rings (SSSR count). The topological polar surface area (TPSA) is 238 Å². The van der Waals surface area contributed by atoms with Gasteiger partial charge in [0.15, 0.2) is 0 Å². The van der Waals surface area contributed by atoms with Gasteiger partial charge in [-0.05, 0) is 60.4 Å². The van der Waals surface area contributed by atoms with Gasteiger partial charge in [0, 0.05) is 6.92 Å². The van der Waals surface area contributed by atoms with Crippen molar-refractivity contribution in [2.45, 2.75) is 97.1 Å². The van der Waals surface area contributed by atoms with Crippen LogP contribution >= 0.6 is 0 Å². The van der Waals surface area contributed by atoms with Gasteiger partial charge < -0.3 is 42.7 Å². The normalized spacial score (nSPS) is 15.3. The third-order valence-corrected chi connectivity index (χ3v) is 5.38. The van der Waals surface area contributed by atoms with Crippen LogP contribution < -0.4 is 37.6 Å². The van der Waals surface area contributed by atoms with Crippen LogP contribution in [0.25, 0.3) is 0 Å². The molecule has 15 heteroatoms. The molecule has 0 aromatic carbocycles. The van der Waals surface area contributed by atoms with Crippen LogP contribution in [-0.4, -0.2) is 89.3 Å². The number of carboxylic acids is 1. The Morgan fingerprint density at radius 2 is 0.895 bits per heavy atom. The molecule has 0 aromatic rings. The molecule has 0 radical (unpaired) electrons. The summed E-state index contributed by atoms with van der Waals surface area (Å²) < 4.78 is 0. The average Bonchev–Trinajstić information content (AvgIpc) is 2.82. The number of hydrogen-bond acceptors (Lipinski definition) is 8. The van der Waals surface area contributed by atoms with Gasteiger partial charge in [-0.3, -0.25) is 28.8 Å². The molecule has 0 fully saturated rings. The first-order valence-corrected chi connectivity index (χ1v) is 12.3. The predicted molar refractivity (Wildman–Crippen MR) is 136 cm³/mol. The highest BCUT2D eigenvalue weighted by Gasteiger charge is 2.27. The van der Waals surface area contributed by atoms with Crippen LogP contribution in [0.3, 0.4) is 0 Å². The lowest BCUT2D eigenvalue weighted by molar-refractivity contribution is -0.142. The molecule has 0 saturated carbocycles. The number of rotatable bonds is 16. The van der Waals surface area contributed by atoms with Gasteiger partial charge in [-0.2, -0.15) is 0 Å². The lowest BCUT2D eigenvalue weighted by atomic mass is 10.1. The fraction of sp³-hybridized carbons (Fsp3) is 0.696. The Hall–Kier alpha value is -3.75. The summed E-state index contributed by atoms with van der Waals surface area (Å²) in [6.45, 7) is 8.60. The summed E-state index contributed by atoms with van der Waals surface area (Å²) in [5.41, 5.74) is 5.39. The first-order valence-electron chi connectivity index (χ1n) is 12.3. The molecule has 0 bridgehead atoms. The number of unbranched alkanes of at least 4 members (excludes halogenated alkanes) is 1. The molecular weight excluding hydrogens is 502 g/mol. The molecule has 216 valence electrons. The van der Waals surface area contributed by atoms with Crippen molar-refractivity contribution >= 4 is 41.4 Å². The second-order valence-electron chi connectivity index (χ2n) is 9.03. The van der Waals surface area contributed by atoms with E-state index in [2.05, 4.69) is 31.9 Å². The lowest BCUT2D eigenvalue weighted by Gasteiger charge is -2.23. The highest BCUT2D eigenvalue weighted by Crippen LogP contribution is 2.02. The Morgan fingerprint density at radius 1 is 0.579 bits per heavy atom. The number of amides is 6. The zero-order valence-corrected chi connectivity index (χ0v) is 22.7. The third kappa shape index (κ3) is 13.0. The molecule has 0 heterocycles. The monoisotopic (exact) mass is 543 g/mol. The third-order valence-electron chi connectivity index (χ3n) is 5.38. The molecule has 6 amide bonds. The molecule has 0 aromatic heterocycles. The molecule has 0 aliphatic rings. The molecule has 0 aliphatic carbocycles. The summed E-state index contributed by atoms with van der Waals surface area (Å²) in [6.07, 6.45) is 1.30. The van der Waals surface area contributed by atoms with Crippen molar-refractivity contribution in [1.29, 1.82) is 0 Å². The second-order valence-corrected chi connectivity index (χ2v) is 9.03. The van der Waals surface area contributed by atoms with Crippen molar-refractivity contribution in [3.63, 3.8) is 0 Å². The van der Waals surface area contributed by atoms with E-state index in [0.717, 1.165) is 0 Å². The molecule has 38 heavy (non-hydrogen) atoms. The molecule has 0 aliphatic heterocycles. The van der Waals surface area contributed by atoms with E-state index in [1.165, 1.54) is 41.5 Å². The predicted octanol–water partition coefficient (Wildman–Crippen LogP) is -2.77. The zero-order valence-electron chi connectivity index (χ0n) is 22.7. The van der Waals surface area contributed by atoms with E-state index in [9.17, 15) is 38.7 Å². The molecule has 6 atom stereocenters. The maximum Gasteiger partial charge on any atom is 0.326 e. The largest absolute Gasteiger partial charge is 0.480 e.